The van der Waals surface area contributed by atoms with Gasteiger partial charge in [0.25, 0.3) is 0 Å². The van der Waals surface area contributed by atoms with Crippen LogP contribution in [0.2, 0.25) is 5.02 Å². The summed E-state index contributed by atoms with van der Waals surface area (Å²) in [5.74, 6) is 0.502. The molecule has 0 atom stereocenters. The summed E-state index contributed by atoms with van der Waals surface area (Å²) in [6.45, 7) is 0. The molecule has 0 unspecified atom stereocenters. The molecule has 1 aliphatic carbocycles. The van der Waals surface area contributed by atoms with E-state index in [1.165, 1.54) is 12.7 Å². The SMILES string of the molecule is COC(=O)C1CC(c2ccc(Cl)cc2)C1. The lowest BCUT2D eigenvalue weighted by Gasteiger charge is -2.33. The summed E-state index contributed by atoms with van der Waals surface area (Å²) in [4.78, 5) is 11.2. The Morgan fingerprint density at radius 2 is 1.93 bits per heavy atom. The normalized spacial score (nSPS) is 24.4. The zero-order valence-corrected chi connectivity index (χ0v) is 9.33. The molecule has 0 bridgehead atoms. The van der Waals surface area contributed by atoms with Crippen LogP contribution in [-0.2, 0) is 9.53 Å². The Kier molecular flexibility index (Phi) is 2.96. The molecule has 1 saturated carbocycles. The highest BCUT2D eigenvalue weighted by Crippen LogP contribution is 2.42. The lowest BCUT2D eigenvalue weighted by Crippen LogP contribution is -2.29. The average molecular weight is 225 g/mol. The van der Waals surface area contributed by atoms with Crippen molar-refractivity contribution < 1.29 is 9.53 Å². The van der Waals surface area contributed by atoms with Crippen molar-refractivity contribution in [2.75, 3.05) is 7.11 Å². The number of carbonyl (C=O) groups is 1. The second-order valence-electron chi connectivity index (χ2n) is 3.94. The molecule has 0 aliphatic heterocycles. The van der Waals surface area contributed by atoms with Crippen LogP contribution in [0.1, 0.15) is 24.3 Å². The van der Waals surface area contributed by atoms with Crippen molar-refractivity contribution in [1.82, 2.24) is 0 Å². The molecule has 15 heavy (non-hydrogen) atoms. The number of esters is 1. The molecule has 0 amide bonds. The Balaban J connectivity index is 1.94. The highest BCUT2D eigenvalue weighted by molar-refractivity contribution is 6.30. The summed E-state index contributed by atoms with van der Waals surface area (Å²) in [7, 11) is 1.44. The fraction of sp³-hybridized carbons (Fsp3) is 0.417. The molecular weight excluding hydrogens is 212 g/mol. The van der Waals surface area contributed by atoms with Gasteiger partial charge in [-0.1, -0.05) is 23.7 Å². The van der Waals surface area contributed by atoms with Gasteiger partial charge in [0, 0.05) is 5.02 Å². The van der Waals surface area contributed by atoms with E-state index in [1.54, 1.807) is 0 Å². The van der Waals surface area contributed by atoms with E-state index >= 15 is 0 Å². The van der Waals surface area contributed by atoms with Gasteiger partial charge in [-0.3, -0.25) is 4.79 Å². The van der Waals surface area contributed by atoms with Crippen LogP contribution in [0, 0.1) is 5.92 Å². The van der Waals surface area contributed by atoms with Crippen molar-refractivity contribution in [3.05, 3.63) is 34.9 Å². The largest absolute Gasteiger partial charge is 0.469 e. The van der Waals surface area contributed by atoms with E-state index in [0.29, 0.717) is 5.92 Å². The Hall–Kier alpha value is -1.02. The quantitative estimate of drug-likeness (QED) is 0.722. The summed E-state index contributed by atoms with van der Waals surface area (Å²) < 4.78 is 4.70. The van der Waals surface area contributed by atoms with Crippen LogP contribution < -0.4 is 0 Å². The van der Waals surface area contributed by atoms with Crippen molar-refractivity contribution in [1.29, 1.82) is 0 Å². The van der Waals surface area contributed by atoms with E-state index in [9.17, 15) is 4.79 Å². The van der Waals surface area contributed by atoms with Gasteiger partial charge in [-0.05, 0) is 36.5 Å². The highest BCUT2D eigenvalue weighted by Gasteiger charge is 2.35. The number of rotatable bonds is 2. The molecule has 3 heteroatoms. The van der Waals surface area contributed by atoms with E-state index in [1.807, 2.05) is 24.3 Å². The van der Waals surface area contributed by atoms with Gasteiger partial charge < -0.3 is 4.74 Å². The maximum atomic E-state index is 11.2. The molecule has 0 radical (unpaired) electrons. The van der Waals surface area contributed by atoms with Gasteiger partial charge in [0.05, 0.1) is 13.0 Å². The van der Waals surface area contributed by atoms with Crippen LogP contribution in [0.4, 0.5) is 0 Å². The topological polar surface area (TPSA) is 26.3 Å². The summed E-state index contributed by atoms with van der Waals surface area (Å²) >= 11 is 5.81. The second-order valence-corrected chi connectivity index (χ2v) is 4.38. The Bertz CT molecular complexity index is 352. The number of halogens is 1. The second kappa shape index (κ2) is 4.23. The van der Waals surface area contributed by atoms with Gasteiger partial charge in [0.2, 0.25) is 0 Å². The third-order valence-corrected chi connectivity index (χ3v) is 3.27. The first-order valence-corrected chi connectivity index (χ1v) is 5.42. The maximum absolute atomic E-state index is 11.2. The number of hydrogen-bond acceptors (Lipinski definition) is 2. The van der Waals surface area contributed by atoms with Gasteiger partial charge >= 0.3 is 5.97 Å². The monoisotopic (exact) mass is 224 g/mol. The Morgan fingerprint density at radius 3 is 2.47 bits per heavy atom. The fourth-order valence-corrected chi connectivity index (χ4v) is 2.11. The summed E-state index contributed by atoms with van der Waals surface area (Å²) in [6, 6.07) is 7.84. The maximum Gasteiger partial charge on any atom is 0.308 e. The van der Waals surface area contributed by atoms with Crippen molar-refractivity contribution >= 4 is 17.6 Å². The summed E-state index contributed by atoms with van der Waals surface area (Å²) in [6.07, 6.45) is 1.79. The number of benzene rings is 1. The zero-order valence-electron chi connectivity index (χ0n) is 8.57. The molecule has 2 nitrogen and oxygen atoms in total. The molecule has 80 valence electrons. The molecule has 0 aromatic heterocycles. The van der Waals surface area contributed by atoms with Gasteiger partial charge in [-0.15, -0.1) is 0 Å². The van der Waals surface area contributed by atoms with E-state index in [2.05, 4.69) is 0 Å². The number of methoxy groups -OCH3 is 1. The third kappa shape index (κ3) is 2.15. The molecule has 1 fully saturated rings. The van der Waals surface area contributed by atoms with Crippen molar-refractivity contribution in [3.63, 3.8) is 0 Å². The van der Waals surface area contributed by atoms with Gasteiger partial charge in [-0.25, -0.2) is 0 Å². The number of carbonyl (C=O) groups excluding carboxylic acids is 1. The minimum atomic E-state index is -0.0831. The van der Waals surface area contributed by atoms with E-state index in [0.717, 1.165) is 17.9 Å². The minimum Gasteiger partial charge on any atom is -0.469 e. The molecular formula is C12H13ClO2. The molecule has 2 rings (SSSR count). The van der Waals surface area contributed by atoms with Crippen molar-refractivity contribution in [2.45, 2.75) is 18.8 Å². The van der Waals surface area contributed by atoms with E-state index in [4.69, 9.17) is 16.3 Å². The Labute approximate surface area is 94.2 Å². The molecule has 1 aromatic rings. The number of ether oxygens (including phenoxy) is 1. The summed E-state index contributed by atoms with van der Waals surface area (Å²) in [5, 5.41) is 0.752. The van der Waals surface area contributed by atoms with E-state index in [-0.39, 0.29) is 11.9 Å². The molecule has 0 spiro atoms. The van der Waals surface area contributed by atoms with Crippen LogP contribution in [0.15, 0.2) is 24.3 Å². The lowest BCUT2D eigenvalue weighted by atomic mass is 9.71. The van der Waals surface area contributed by atoms with Crippen LogP contribution in [0.25, 0.3) is 0 Å². The molecule has 1 aliphatic rings. The first-order valence-electron chi connectivity index (χ1n) is 5.04. The van der Waals surface area contributed by atoms with Crippen molar-refractivity contribution in [3.8, 4) is 0 Å². The van der Waals surface area contributed by atoms with Gasteiger partial charge in [0.15, 0.2) is 0 Å². The highest BCUT2D eigenvalue weighted by atomic mass is 35.5. The lowest BCUT2D eigenvalue weighted by molar-refractivity contribution is -0.148. The minimum absolute atomic E-state index is 0.0831. The van der Waals surface area contributed by atoms with Crippen molar-refractivity contribution in [2.24, 2.45) is 5.92 Å². The first kappa shape index (κ1) is 10.5. The molecule has 1 aromatic carbocycles. The molecule has 0 N–H and O–H groups in total. The van der Waals surface area contributed by atoms with E-state index < -0.39 is 0 Å². The van der Waals surface area contributed by atoms with Crippen LogP contribution in [0.5, 0.6) is 0 Å². The predicted octanol–water partition coefficient (Wildman–Crippen LogP) is 3.01. The van der Waals surface area contributed by atoms with Crippen LogP contribution in [0.3, 0.4) is 0 Å². The Morgan fingerprint density at radius 1 is 1.33 bits per heavy atom. The fourth-order valence-electron chi connectivity index (χ4n) is 1.98. The van der Waals surface area contributed by atoms with Gasteiger partial charge in [-0.2, -0.15) is 0 Å². The van der Waals surface area contributed by atoms with Crippen LogP contribution in [-0.4, -0.2) is 13.1 Å². The molecule has 0 saturated heterocycles. The first-order chi connectivity index (χ1) is 7.20. The molecule has 0 heterocycles. The van der Waals surface area contributed by atoms with Crippen LogP contribution >= 0.6 is 11.6 Å². The predicted molar refractivity (Wildman–Crippen MR) is 58.9 cm³/mol. The zero-order chi connectivity index (χ0) is 10.8. The third-order valence-electron chi connectivity index (χ3n) is 3.01. The number of hydrogen-bond donors (Lipinski definition) is 0. The summed E-state index contributed by atoms with van der Waals surface area (Å²) in [5.41, 5.74) is 1.26. The van der Waals surface area contributed by atoms with Gasteiger partial charge in [0.1, 0.15) is 0 Å². The average Bonchev–Trinajstić information content (AvgIpc) is 2.18. The smallest absolute Gasteiger partial charge is 0.308 e. The standard InChI is InChI=1S/C12H13ClO2/c1-15-12(14)10-6-9(7-10)8-2-4-11(13)5-3-8/h2-5,9-10H,6-7H2,1H3.